The molecule has 0 fully saturated rings. The summed E-state index contributed by atoms with van der Waals surface area (Å²) in [5, 5.41) is 7.46. The SMILES string of the molecule is Fc1cccc2c(Nc3ccncc3)noc12. The van der Waals surface area contributed by atoms with E-state index in [2.05, 4.69) is 15.5 Å². The van der Waals surface area contributed by atoms with Crippen LogP contribution in [0.2, 0.25) is 0 Å². The maximum Gasteiger partial charge on any atom is 0.204 e. The molecule has 17 heavy (non-hydrogen) atoms. The zero-order chi connectivity index (χ0) is 11.7. The predicted octanol–water partition coefficient (Wildman–Crippen LogP) is 3.11. The molecule has 1 N–H and O–H groups in total. The third-order valence-electron chi connectivity index (χ3n) is 2.39. The van der Waals surface area contributed by atoms with E-state index in [1.165, 1.54) is 6.07 Å². The molecule has 0 radical (unpaired) electrons. The van der Waals surface area contributed by atoms with Gasteiger partial charge in [-0.05, 0) is 24.3 Å². The monoisotopic (exact) mass is 229 g/mol. The number of anilines is 2. The standard InChI is InChI=1S/C12H8FN3O/c13-10-3-1-2-9-11(10)17-16-12(9)15-8-4-6-14-7-5-8/h1-7H,(H,14,15,16). The van der Waals surface area contributed by atoms with Crippen LogP contribution in [0.1, 0.15) is 0 Å². The highest BCUT2D eigenvalue weighted by Gasteiger charge is 2.11. The number of halogens is 1. The lowest BCUT2D eigenvalue weighted by Crippen LogP contribution is -1.90. The van der Waals surface area contributed by atoms with Crippen molar-refractivity contribution >= 4 is 22.5 Å². The van der Waals surface area contributed by atoms with Crippen LogP contribution in [0.15, 0.2) is 47.2 Å². The van der Waals surface area contributed by atoms with E-state index < -0.39 is 5.82 Å². The zero-order valence-corrected chi connectivity index (χ0v) is 8.72. The van der Waals surface area contributed by atoms with Crippen molar-refractivity contribution in [3.05, 3.63) is 48.5 Å². The Morgan fingerprint density at radius 2 is 1.94 bits per heavy atom. The van der Waals surface area contributed by atoms with Crippen LogP contribution in [0, 0.1) is 5.82 Å². The Kier molecular flexibility index (Phi) is 2.22. The summed E-state index contributed by atoms with van der Waals surface area (Å²) in [6.07, 6.45) is 3.32. The molecule has 0 bridgehead atoms. The summed E-state index contributed by atoms with van der Waals surface area (Å²) < 4.78 is 18.3. The summed E-state index contributed by atoms with van der Waals surface area (Å²) >= 11 is 0. The number of benzene rings is 1. The van der Waals surface area contributed by atoms with Crippen molar-refractivity contribution in [2.45, 2.75) is 0 Å². The van der Waals surface area contributed by atoms with Crippen LogP contribution in [0.5, 0.6) is 0 Å². The van der Waals surface area contributed by atoms with Gasteiger partial charge in [0.25, 0.3) is 0 Å². The van der Waals surface area contributed by atoms with Crippen molar-refractivity contribution in [1.82, 2.24) is 10.1 Å². The Labute approximate surface area is 96.1 Å². The van der Waals surface area contributed by atoms with E-state index in [0.29, 0.717) is 11.2 Å². The molecule has 3 aromatic rings. The molecule has 0 saturated carbocycles. The lowest BCUT2D eigenvalue weighted by Gasteiger charge is -2.00. The van der Waals surface area contributed by atoms with Crippen LogP contribution < -0.4 is 5.32 Å². The molecule has 4 nitrogen and oxygen atoms in total. The highest BCUT2D eigenvalue weighted by atomic mass is 19.1. The van der Waals surface area contributed by atoms with Gasteiger partial charge in [-0.25, -0.2) is 4.39 Å². The van der Waals surface area contributed by atoms with Gasteiger partial charge in [-0.2, -0.15) is 0 Å². The number of para-hydroxylation sites is 1. The first kappa shape index (κ1) is 9.77. The first-order chi connectivity index (χ1) is 8.34. The van der Waals surface area contributed by atoms with Crippen LogP contribution in [0.4, 0.5) is 15.9 Å². The summed E-state index contributed by atoms with van der Waals surface area (Å²) in [6.45, 7) is 0. The quantitative estimate of drug-likeness (QED) is 0.733. The first-order valence-corrected chi connectivity index (χ1v) is 5.05. The van der Waals surface area contributed by atoms with Crippen LogP contribution in [0.25, 0.3) is 11.0 Å². The fourth-order valence-corrected chi connectivity index (χ4v) is 1.59. The number of fused-ring (bicyclic) bond motifs is 1. The smallest absolute Gasteiger partial charge is 0.204 e. The van der Waals surface area contributed by atoms with Gasteiger partial charge in [-0.15, -0.1) is 0 Å². The summed E-state index contributed by atoms with van der Waals surface area (Å²) in [5.74, 6) is 0.0727. The number of rotatable bonds is 2. The molecule has 2 heterocycles. The summed E-state index contributed by atoms with van der Waals surface area (Å²) in [4.78, 5) is 3.91. The average molecular weight is 229 g/mol. The highest BCUT2D eigenvalue weighted by Crippen LogP contribution is 2.26. The average Bonchev–Trinajstić information content (AvgIpc) is 2.76. The number of pyridine rings is 1. The summed E-state index contributed by atoms with van der Waals surface area (Å²) in [7, 11) is 0. The van der Waals surface area contributed by atoms with Gasteiger partial charge < -0.3 is 9.84 Å². The van der Waals surface area contributed by atoms with Gasteiger partial charge in [-0.1, -0.05) is 11.2 Å². The molecule has 0 amide bonds. The van der Waals surface area contributed by atoms with Crippen molar-refractivity contribution in [3.63, 3.8) is 0 Å². The van der Waals surface area contributed by atoms with E-state index in [1.807, 2.05) is 0 Å². The van der Waals surface area contributed by atoms with E-state index >= 15 is 0 Å². The Morgan fingerprint density at radius 3 is 2.76 bits per heavy atom. The van der Waals surface area contributed by atoms with E-state index in [1.54, 1.807) is 36.7 Å². The molecular weight excluding hydrogens is 221 g/mol. The first-order valence-electron chi connectivity index (χ1n) is 5.05. The van der Waals surface area contributed by atoms with Crippen LogP contribution >= 0.6 is 0 Å². The summed E-state index contributed by atoms with van der Waals surface area (Å²) in [6, 6.07) is 8.29. The van der Waals surface area contributed by atoms with Crippen LogP contribution in [-0.4, -0.2) is 10.1 Å². The number of aromatic nitrogens is 2. The normalized spacial score (nSPS) is 10.6. The summed E-state index contributed by atoms with van der Waals surface area (Å²) in [5.41, 5.74) is 0.975. The Bertz CT molecular complexity index is 651. The number of nitrogens with one attached hydrogen (secondary N) is 1. The molecule has 0 aliphatic heterocycles. The topological polar surface area (TPSA) is 51.0 Å². The molecular formula is C12H8FN3O. The molecule has 0 atom stereocenters. The van der Waals surface area contributed by atoms with Crippen molar-refractivity contribution in [2.75, 3.05) is 5.32 Å². The largest absolute Gasteiger partial charge is 0.351 e. The molecule has 0 aliphatic rings. The van der Waals surface area contributed by atoms with E-state index in [-0.39, 0.29) is 5.58 Å². The molecule has 0 unspecified atom stereocenters. The second-order valence-electron chi connectivity index (χ2n) is 3.51. The molecule has 0 aliphatic carbocycles. The fourth-order valence-electron chi connectivity index (χ4n) is 1.59. The number of hydrogen-bond acceptors (Lipinski definition) is 4. The minimum absolute atomic E-state index is 0.157. The van der Waals surface area contributed by atoms with Crippen molar-refractivity contribution in [2.24, 2.45) is 0 Å². The Hall–Kier alpha value is -2.43. The maximum atomic E-state index is 13.4. The molecule has 2 aromatic heterocycles. The van der Waals surface area contributed by atoms with Gasteiger partial charge in [0.2, 0.25) is 5.58 Å². The van der Waals surface area contributed by atoms with Crippen LogP contribution in [-0.2, 0) is 0 Å². The number of nitrogens with zero attached hydrogens (tertiary/aromatic N) is 2. The molecule has 84 valence electrons. The minimum atomic E-state index is -0.419. The van der Waals surface area contributed by atoms with Gasteiger partial charge in [0, 0.05) is 18.1 Å². The van der Waals surface area contributed by atoms with Crippen molar-refractivity contribution in [1.29, 1.82) is 0 Å². The van der Waals surface area contributed by atoms with Gasteiger partial charge in [-0.3, -0.25) is 4.98 Å². The lowest BCUT2D eigenvalue weighted by atomic mass is 10.2. The Morgan fingerprint density at radius 1 is 1.12 bits per heavy atom. The van der Waals surface area contributed by atoms with E-state index in [9.17, 15) is 4.39 Å². The molecule has 0 spiro atoms. The van der Waals surface area contributed by atoms with Crippen molar-refractivity contribution in [3.8, 4) is 0 Å². The molecule has 1 aromatic carbocycles. The van der Waals surface area contributed by atoms with Crippen molar-refractivity contribution < 1.29 is 8.91 Å². The van der Waals surface area contributed by atoms with Gasteiger partial charge in [0.15, 0.2) is 11.6 Å². The van der Waals surface area contributed by atoms with E-state index in [4.69, 9.17) is 4.52 Å². The molecule has 0 saturated heterocycles. The third kappa shape index (κ3) is 1.71. The van der Waals surface area contributed by atoms with E-state index in [0.717, 1.165) is 5.69 Å². The second kappa shape index (κ2) is 3.86. The third-order valence-corrected chi connectivity index (χ3v) is 2.39. The highest BCUT2D eigenvalue weighted by molar-refractivity contribution is 5.90. The molecule has 3 rings (SSSR count). The minimum Gasteiger partial charge on any atom is -0.351 e. The fraction of sp³-hybridized carbons (Fsp3) is 0. The second-order valence-corrected chi connectivity index (χ2v) is 3.51. The van der Waals surface area contributed by atoms with Gasteiger partial charge in [0.05, 0.1) is 5.39 Å². The molecule has 5 heteroatoms. The Balaban J connectivity index is 2.05. The maximum absolute atomic E-state index is 13.4. The van der Waals surface area contributed by atoms with Gasteiger partial charge in [0.1, 0.15) is 0 Å². The van der Waals surface area contributed by atoms with Crippen LogP contribution in [0.3, 0.4) is 0 Å². The predicted molar refractivity (Wildman–Crippen MR) is 61.5 cm³/mol. The number of hydrogen-bond donors (Lipinski definition) is 1. The lowest BCUT2D eigenvalue weighted by molar-refractivity contribution is 0.443. The van der Waals surface area contributed by atoms with Gasteiger partial charge >= 0.3 is 0 Å². The zero-order valence-electron chi connectivity index (χ0n) is 8.72.